The molecule has 5 heteroatoms. The van der Waals surface area contributed by atoms with E-state index in [0.29, 0.717) is 12.1 Å². The number of anilines is 1. The highest BCUT2D eigenvalue weighted by Crippen LogP contribution is 2.32. The number of fused-ring (bicyclic) bond motifs is 1. The maximum Gasteiger partial charge on any atom is 0.0991 e. The van der Waals surface area contributed by atoms with E-state index in [0.717, 1.165) is 24.3 Å². The van der Waals surface area contributed by atoms with Crippen LogP contribution in [0.2, 0.25) is 0 Å². The molecule has 1 unspecified atom stereocenters. The Morgan fingerprint density at radius 1 is 1.26 bits per heavy atom. The normalized spacial score (nSPS) is 13.6. The first kappa shape index (κ1) is 17.3. The summed E-state index contributed by atoms with van der Waals surface area (Å²) in [4.78, 5) is 0. The Morgan fingerprint density at radius 2 is 2.00 bits per heavy atom. The summed E-state index contributed by atoms with van der Waals surface area (Å²) in [7, 11) is 0. The molecule has 120 valence electrons. The van der Waals surface area contributed by atoms with Crippen molar-refractivity contribution in [2.24, 2.45) is 0 Å². The predicted octanol–water partition coefficient (Wildman–Crippen LogP) is 3.04. The van der Waals surface area contributed by atoms with Crippen LogP contribution in [-0.2, 0) is 13.1 Å². The third-order valence-corrected chi connectivity index (χ3v) is 3.89. The zero-order valence-corrected chi connectivity index (χ0v) is 13.8. The van der Waals surface area contributed by atoms with Crippen LogP contribution in [0, 0.1) is 11.3 Å². The highest BCUT2D eigenvalue weighted by molar-refractivity contribution is 5.85. The molecular formula is C18H20ClN3O. The molecule has 4 nitrogen and oxygen atoms in total. The molecule has 1 aliphatic heterocycles. The van der Waals surface area contributed by atoms with Gasteiger partial charge in [0.25, 0.3) is 0 Å². The van der Waals surface area contributed by atoms with Gasteiger partial charge in [-0.15, -0.1) is 12.4 Å². The number of rotatable bonds is 4. The monoisotopic (exact) mass is 329 g/mol. The first-order valence-corrected chi connectivity index (χ1v) is 7.46. The molecule has 2 aromatic carbocycles. The Labute approximate surface area is 142 Å². The van der Waals surface area contributed by atoms with Gasteiger partial charge in [-0.2, -0.15) is 5.26 Å². The molecule has 23 heavy (non-hydrogen) atoms. The van der Waals surface area contributed by atoms with Crippen molar-refractivity contribution in [3.05, 3.63) is 53.1 Å². The van der Waals surface area contributed by atoms with Crippen molar-refractivity contribution in [2.75, 3.05) is 11.9 Å². The van der Waals surface area contributed by atoms with Crippen LogP contribution in [-0.4, -0.2) is 17.8 Å². The van der Waals surface area contributed by atoms with Crippen molar-refractivity contribution >= 4 is 18.1 Å². The number of nitrogens with one attached hydrogen (secondary N) is 2. The average molecular weight is 330 g/mol. The molecule has 0 spiro atoms. The van der Waals surface area contributed by atoms with Gasteiger partial charge in [0.05, 0.1) is 17.7 Å². The number of benzene rings is 2. The molecule has 0 saturated carbocycles. The van der Waals surface area contributed by atoms with Crippen LogP contribution in [0.5, 0.6) is 0 Å². The average Bonchev–Trinajstić information content (AvgIpc) is 3.00. The lowest BCUT2D eigenvalue weighted by atomic mass is 9.95. The highest BCUT2D eigenvalue weighted by Gasteiger charge is 2.17. The molecule has 2 aromatic rings. The van der Waals surface area contributed by atoms with E-state index in [4.69, 9.17) is 5.26 Å². The van der Waals surface area contributed by atoms with Gasteiger partial charge in [-0.25, -0.2) is 0 Å². The number of aliphatic hydroxyl groups is 1. The Morgan fingerprint density at radius 3 is 2.65 bits per heavy atom. The summed E-state index contributed by atoms with van der Waals surface area (Å²) in [5.41, 5.74) is 6.58. The van der Waals surface area contributed by atoms with E-state index in [-0.39, 0.29) is 18.5 Å². The van der Waals surface area contributed by atoms with Gasteiger partial charge in [0.15, 0.2) is 0 Å². The summed E-state index contributed by atoms with van der Waals surface area (Å²) in [5.74, 6) is 0. The number of aliphatic hydroxyl groups excluding tert-OH is 1. The lowest BCUT2D eigenvalue weighted by Crippen LogP contribution is -2.15. The van der Waals surface area contributed by atoms with Crippen LogP contribution in [0.25, 0.3) is 11.1 Å². The fraction of sp³-hybridized carbons (Fsp3) is 0.278. The summed E-state index contributed by atoms with van der Waals surface area (Å²) in [6.07, 6.45) is -0.384. The number of nitrogens with zero attached hydrogens (tertiary/aromatic N) is 1. The zero-order chi connectivity index (χ0) is 15.5. The molecule has 1 heterocycles. The summed E-state index contributed by atoms with van der Waals surface area (Å²) in [5, 5.41) is 25.0. The van der Waals surface area contributed by atoms with Crippen molar-refractivity contribution in [1.29, 1.82) is 5.26 Å². The number of halogens is 1. The zero-order valence-electron chi connectivity index (χ0n) is 13.0. The fourth-order valence-corrected chi connectivity index (χ4v) is 2.77. The third kappa shape index (κ3) is 3.83. The Balaban J connectivity index is 0.00000192. The van der Waals surface area contributed by atoms with Crippen molar-refractivity contribution in [3.63, 3.8) is 0 Å². The number of hydrogen-bond acceptors (Lipinski definition) is 4. The third-order valence-electron chi connectivity index (χ3n) is 3.89. The summed E-state index contributed by atoms with van der Waals surface area (Å²) in [6, 6.07) is 14.1. The first-order chi connectivity index (χ1) is 10.7. The van der Waals surface area contributed by atoms with E-state index in [1.165, 1.54) is 16.7 Å². The van der Waals surface area contributed by atoms with Crippen LogP contribution < -0.4 is 10.6 Å². The van der Waals surface area contributed by atoms with Crippen molar-refractivity contribution in [3.8, 4) is 17.2 Å². The maximum absolute atomic E-state index is 9.45. The molecule has 0 aliphatic carbocycles. The topological polar surface area (TPSA) is 68.1 Å². The summed E-state index contributed by atoms with van der Waals surface area (Å²) in [6.45, 7) is 4.02. The van der Waals surface area contributed by atoms with Gasteiger partial charge in [-0.1, -0.05) is 12.1 Å². The molecule has 0 amide bonds. The van der Waals surface area contributed by atoms with Crippen molar-refractivity contribution < 1.29 is 5.11 Å². The van der Waals surface area contributed by atoms with E-state index in [9.17, 15) is 5.11 Å². The largest absolute Gasteiger partial charge is 0.392 e. The molecule has 3 N–H and O–H groups in total. The molecule has 3 rings (SSSR count). The molecule has 0 radical (unpaired) electrons. The fourth-order valence-electron chi connectivity index (χ4n) is 2.77. The van der Waals surface area contributed by atoms with Crippen LogP contribution in [0.15, 0.2) is 36.4 Å². The van der Waals surface area contributed by atoms with Crippen molar-refractivity contribution in [1.82, 2.24) is 5.32 Å². The molecular weight excluding hydrogens is 310 g/mol. The van der Waals surface area contributed by atoms with E-state index in [1.807, 2.05) is 24.3 Å². The summed E-state index contributed by atoms with van der Waals surface area (Å²) >= 11 is 0. The Kier molecular flexibility index (Phi) is 5.62. The van der Waals surface area contributed by atoms with Gasteiger partial charge >= 0.3 is 0 Å². The highest BCUT2D eigenvalue weighted by atomic mass is 35.5. The maximum atomic E-state index is 9.45. The van der Waals surface area contributed by atoms with Gasteiger partial charge in [0.1, 0.15) is 0 Å². The molecule has 0 fully saturated rings. The second-order valence-corrected chi connectivity index (χ2v) is 5.68. The van der Waals surface area contributed by atoms with E-state index in [1.54, 1.807) is 6.92 Å². The first-order valence-electron chi connectivity index (χ1n) is 7.46. The second kappa shape index (κ2) is 7.47. The van der Waals surface area contributed by atoms with Crippen LogP contribution in [0.4, 0.5) is 5.69 Å². The number of nitriles is 1. The quantitative estimate of drug-likeness (QED) is 0.806. The predicted molar refractivity (Wildman–Crippen MR) is 94.6 cm³/mol. The van der Waals surface area contributed by atoms with Gasteiger partial charge < -0.3 is 15.7 Å². The SMILES string of the molecule is CC(O)CNc1cc2c(c(-c3ccc(C#N)cc3)c1)CNC2.Cl. The minimum atomic E-state index is -0.384. The Hall–Kier alpha value is -2.06. The van der Waals surface area contributed by atoms with Gasteiger partial charge in [0.2, 0.25) is 0 Å². The molecule has 1 atom stereocenters. The summed E-state index contributed by atoms with van der Waals surface area (Å²) < 4.78 is 0. The second-order valence-electron chi connectivity index (χ2n) is 5.68. The van der Waals surface area contributed by atoms with Crippen LogP contribution in [0.1, 0.15) is 23.6 Å². The lowest BCUT2D eigenvalue weighted by Gasteiger charge is -2.14. The van der Waals surface area contributed by atoms with Crippen LogP contribution >= 0.6 is 12.4 Å². The minimum Gasteiger partial charge on any atom is -0.392 e. The Bertz CT molecular complexity index is 720. The molecule has 0 saturated heterocycles. The molecule has 0 aromatic heterocycles. The van der Waals surface area contributed by atoms with Crippen LogP contribution in [0.3, 0.4) is 0 Å². The molecule has 0 bridgehead atoms. The smallest absolute Gasteiger partial charge is 0.0991 e. The van der Waals surface area contributed by atoms with Gasteiger partial charge in [-0.3, -0.25) is 0 Å². The standard InChI is InChI=1S/C18H19N3O.ClH/c1-12(22)9-21-16-6-15-10-20-11-18(15)17(7-16)14-4-2-13(8-19)3-5-14;/h2-7,12,20-22H,9-11H2,1H3;1H. The number of hydrogen-bond donors (Lipinski definition) is 3. The van der Waals surface area contributed by atoms with Crippen molar-refractivity contribution in [2.45, 2.75) is 26.1 Å². The molecule has 1 aliphatic rings. The lowest BCUT2D eigenvalue weighted by molar-refractivity contribution is 0.208. The van der Waals surface area contributed by atoms with E-state index >= 15 is 0 Å². The van der Waals surface area contributed by atoms with Gasteiger partial charge in [0, 0.05) is 25.3 Å². The van der Waals surface area contributed by atoms with E-state index < -0.39 is 0 Å². The van der Waals surface area contributed by atoms with Gasteiger partial charge in [-0.05, 0) is 53.4 Å². The van der Waals surface area contributed by atoms with E-state index in [2.05, 4.69) is 28.8 Å². The minimum absolute atomic E-state index is 0.